The molecule has 0 saturated carbocycles. The molecule has 3 heterocycles. The smallest absolute Gasteiger partial charge is 0.257 e. The molecule has 1 unspecified atom stereocenters. The Balaban J connectivity index is 1.82. The highest BCUT2D eigenvalue weighted by atomic mass is 19.1. The van der Waals surface area contributed by atoms with Crippen molar-refractivity contribution in [2.24, 2.45) is 0 Å². The third-order valence-corrected chi connectivity index (χ3v) is 4.99. The lowest BCUT2D eigenvalue weighted by molar-refractivity contribution is 0.0363. The SMILES string of the molecule is C=CCN1CCCC12CCCN(C(=O)c1cc(F)ncc1F)C2. The first kappa shape index (κ1) is 16.1. The summed E-state index contributed by atoms with van der Waals surface area (Å²) in [5.74, 6) is -2.06. The van der Waals surface area contributed by atoms with Gasteiger partial charge in [-0.1, -0.05) is 6.08 Å². The molecule has 0 aliphatic carbocycles. The molecule has 1 aromatic rings. The number of hydrogen-bond donors (Lipinski definition) is 0. The third kappa shape index (κ3) is 3.00. The Morgan fingerprint density at radius 2 is 2.09 bits per heavy atom. The summed E-state index contributed by atoms with van der Waals surface area (Å²) in [5, 5.41) is 0. The molecule has 1 amide bonds. The lowest BCUT2D eigenvalue weighted by atomic mass is 9.86. The zero-order chi connectivity index (χ0) is 16.4. The van der Waals surface area contributed by atoms with Crippen LogP contribution in [0, 0.1) is 11.8 Å². The van der Waals surface area contributed by atoms with Crippen LogP contribution in [-0.4, -0.2) is 52.4 Å². The van der Waals surface area contributed by atoms with Crippen LogP contribution >= 0.6 is 0 Å². The number of hydrogen-bond acceptors (Lipinski definition) is 3. The van der Waals surface area contributed by atoms with E-state index in [-0.39, 0.29) is 11.1 Å². The molecule has 1 spiro atoms. The van der Waals surface area contributed by atoms with Gasteiger partial charge in [0.15, 0.2) is 5.82 Å². The molecule has 4 nitrogen and oxygen atoms in total. The van der Waals surface area contributed by atoms with E-state index in [2.05, 4.69) is 16.5 Å². The molecule has 2 aliphatic heterocycles. The average molecular weight is 321 g/mol. The van der Waals surface area contributed by atoms with Crippen molar-refractivity contribution < 1.29 is 13.6 Å². The number of piperidine rings is 1. The van der Waals surface area contributed by atoms with Gasteiger partial charge in [0, 0.05) is 31.2 Å². The van der Waals surface area contributed by atoms with Gasteiger partial charge in [0.1, 0.15) is 0 Å². The molecule has 124 valence electrons. The molecule has 2 saturated heterocycles. The van der Waals surface area contributed by atoms with Crippen LogP contribution < -0.4 is 0 Å². The van der Waals surface area contributed by atoms with E-state index in [4.69, 9.17) is 0 Å². The third-order valence-electron chi connectivity index (χ3n) is 4.99. The van der Waals surface area contributed by atoms with Gasteiger partial charge in [-0.25, -0.2) is 9.37 Å². The minimum Gasteiger partial charge on any atom is -0.337 e. The number of rotatable bonds is 3. The van der Waals surface area contributed by atoms with Crippen molar-refractivity contribution in [2.45, 2.75) is 31.2 Å². The minimum absolute atomic E-state index is 0.0514. The van der Waals surface area contributed by atoms with E-state index < -0.39 is 17.7 Å². The Morgan fingerprint density at radius 3 is 2.83 bits per heavy atom. The Kier molecular flexibility index (Phi) is 4.43. The zero-order valence-electron chi connectivity index (χ0n) is 13.1. The van der Waals surface area contributed by atoms with Crippen LogP contribution in [-0.2, 0) is 0 Å². The molecule has 0 aromatic carbocycles. The van der Waals surface area contributed by atoms with Gasteiger partial charge in [-0.2, -0.15) is 4.39 Å². The van der Waals surface area contributed by atoms with E-state index in [1.54, 1.807) is 4.90 Å². The maximum absolute atomic E-state index is 13.8. The van der Waals surface area contributed by atoms with Crippen LogP contribution in [0.1, 0.15) is 36.0 Å². The lowest BCUT2D eigenvalue weighted by Crippen LogP contribution is -2.57. The molecule has 6 heteroatoms. The Hall–Kier alpha value is -1.82. The van der Waals surface area contributed by atoms with E-state index in [9.17, 15) is 13.6 Å². The highest BCUT2D eigenvalue weighted by Crippen LogP contribution is 2.37. The second-order valence-corrected chi connectivity index (χ2v) is 6.38. The van der Waals surface area contributed by atoms with Crippen molar-refractivity contribution in [1.82, 2.24) is 14.8 Å². The second-order valence-electron chi connectivity index (χ2n) is 6.38. The molecular weight excluding hydrogens is 300 g/mol. The quantitative estimate of drug-likeness (QED) is 0.634. The number of carbonyl (C=O) groups is 1. The van der Waals surface area contributed by atoms with Gasteiger partial charge in [0.2, 0.25) is 5.95 Å². The number of likely N-dealkylation sites (tertiary alicyclic amines) is 2. The van der Waals surface area contributed by atoms with E-state index >= 15 is 0 Å². The maximum Gasteiger partial charge on any atom is 0.257 e. The molecule has 1 aromatic heterocycles. The lowest BCUT2D eigenvalue weighted by Gasteiger charge is -2.45. The number of carbonyl (C=O) groups excluding carboxylic acids is 1. The van der Waals surface area contributed by atoms with Gasteiger partial charge < -0.3 is 4.90 Å². The van der Waals surface area contributed by atoms with Crippen LogP contribution in [0.15, 0.2) is 24.9 Å². The Bertz CT molecular complexity index is 622. The fourth-order valence-electron chi connectivity index (χ4n) is 3.93. The number of aromatic nitrogens is 1. The molecule has 2 aliphatic rings. The molecule has 0 N–H and O–H groups in total. The van der Waals surface area contributed by atoms with E-state index in [1.807, 2.05) is 6.08 Å². The number of pyridine rings is 1. The predicted octanol–water partition coefficient (Wildman–Crippen LogP) is 2.62. The van der Waals surface area contributed by atoms with Gasteiger partial charge in [0.25, 0.3) is 5.91 Å². The van der Waals surface area contributed by atoms with Crippen molar-refractivity contribution in [1.29, 1.82) is 0 Å². The highest BCUT2D eigenvalue weighted by Gasteiger charge is 2.44. The van der Waals surface area contributed by atoms with Gasteiger partial charge >= 0.3 is 0 Å². The summed E-state index contributed by atoms with van der Waals surface area (Å²) < 4.78 is 27.1. The number of halogens is 2. The first-order valence-corrected chi connectivity index (χ1v) is 8.02. The van der Waals surface area contributed by atoms with E-state index in [0.717, 1.165) is 51.0 Å². The molecule has 0 radical (unpaired) electrons. The number of nitrogens with zero attached hydrogens (tertiary/aromatic N) is 3. The maximum atomic E-state index is 13.8. The molecule has 0 bridgehead atoms. The zero-order valence-corrected chi connectivity index (χ0v) is 13.1. The molecule has 23 heavy (non-hydrogen) atoms. The first-order chi connectivity index (χ1) is 11.1. The summed E-state index contributed by atoms with van der Waals surface area (Å²) in [7, 11) is 0. The monoisotopic (exact) mass is 321 g/mol. The second kappa shape index (κ2) is 6.35. The molecule has 2 fully saturated rings. The minimum atomic E-state index is -0.837. The fourth-order valence-corrected chi connectivity index (χ4v) is 3.93. The van der Waals surface area contributed by atoms with Crippen LogP contribution in [0.25, 0.3) is 0 Å². The van der Waals surface area contributed by atoms with Crippen molar-refractivity contribution >= 4 is 5.91 Å². The summed E-state index contributed by atoms with van der Waals surface area (Å²) in [5.41, 5.74) is -0.285. The molecule has 1 atom stereocenters. The average Bonchev–Trinajstić information content (AvgIpc) is 2.91. The van der Waals surface area contributed by atoms with E-state index in [0.29, 0.717) is 13.1 Å². The Labute approximate surface area is 134 Å². The van der Waals surface area contributed by atoms with Gasteiger partial charge in [-0.3, -0.25) is 9.69 Å². The standard InChI is InChI=1S/C17H21F2N3O/c1-2-7-22-9-4-6-17(22)5-3-8-21(12-17)16(23)13-10-15(19)20-11-14(13)18/h2,10-11H,1,3-9,12H2. The van der Waals surface area contributed by atoms with Crippen molar-refractivity contribution in [2.75, 3.05) is 26.2 Å². The van der Waals surface area contributed by atoms with Crippen molar-refractivity contribution in [3.05, 3.63) is 42.2 Å². The topological polar surface area (TPSA) is 36.4 Å². The normalized spacial score (nSPS) is 25.0. The largest absolute Gasteiger partial charge is 0.337 e. The van der Waals surface area contributed by atoms with Crippen molar-refractivity contribution in [3.63, 3.8) is 0 Å². The summed E-state index contributed by atoms with van der Waals surface area (Å²) >= 11 is 0. The first-order valence-electron chi connectivity index (χ1n) is 8.02. The summed E-state index contributed by atoms with van der Waals surface area (Å²) in [6, 6.07) is 0.884. The van der Waals surface area contributed by atoms with Gasteiger partial charge in [-0.15, -0.1) is 6.58 Å². The fraction of sp³-hybridized carbons (Fsp3) is 0.529. The molecular formula is C17H21F2N3O. The van der Waals surface area contributed by atoms with Crippen LogP contribution in [0.5, 0.6) is 0 Å². The number of amides is 1. The van der Waals surface area contributed by atoms with Crippen LogP contribution in [0.3, 0.4) is 0 Å². The van der Waals surface area contributed by atoms with Crippen LogP contribution in [0.4, 0.5) is 8.78 Å². The van der Waals surface area contributed by atoms with E-state index in [1.165, 1.54) is 0 Å². The Morgan fingerprint density at radius 1 is 1.35 bits per heavy atom. The van der Waals surface area contributed by atoms with Gasteiger partial charge in [-0.05, 0) is 32.2 Å². The predicted molar refractivity (Wildman–Crippen MR) is 83.0 cm³/mol. The summed E-state index contributed by atoms with van der Waals surface area (Å²) in [6.45, 7) is 6.72. The van der Waals surface area contributed by atoms with Crippen LogP contribution in [0.2, 0.25) is 0 Å². The van der Waals surface area contributed by atoms with Gasteiger partial charge in [0.05, 0.1) is 11.8 Å². The highest BCUT2D eigenvalue weighted by molar-refractivity contribution is 5.94. The van der Waals surface area contributed by atoms with Crippen molar-refractivity contribution in [3.8, 4) is 0 Å². The summed E-state index contributed by atoms with van der Waals surface area (Å²) in [6.07, 6.45) is 6.66. The molecule has 3 rings (SSSR count). The summed E-state index contributed by atoms with van der Waals surface area (Å²) in [4.78, 5) is 19.9.